The Morgan fingerprint density at radius 3 is 2.75 bits per heavy atom. The Bertz CT molecular complexity index is 807. The van der Waals surface area contributed by atoms with Crippen LogP contribution in [0.2, 0.25) is 5.02 Å². The third kappa shape index (κ3) is 3.01. The van der Waals surface area contributed by atoms with Crippen molar-refractivity contribution in [2.45, 2.75) is 18.9 Å². The summed E-state index contributed by atoms with van der Waals surface area (Å²) in [5, 5.41) is 6.55. The third-order valence-electron chi connectivity index (χ3n) is 4.57. The monoisotopic (exact) mass is 361 g/mol. The minimum atomic E-state index is 0.597. The minimum absolute atomic E-state index is 0.597. The number of fused-ring (bicyclic) bond motifs is 1. The highest BCUT2D eigenvalue weighted by Crippen LogP contribution is 2.29. The van der Waals surface area contributed by atoms with E-state index >= 15 is 0 Å². The molecule has 5 nitrogen and oxygen atoms in total. The van der Waals surface area contributed by atoms with Crippen molar-refractivity contribution in [2.24, 2.45) is 0 Å². The van der Waals surface area contributed by atoms with Crippen LogP contribution in [0.25, 0.3) is 16.2 Å². The van der Waals surface area contributed by atoms with E-state index in [-0.39, 0.29) is 0 Å². The molecule has 1 saturated heterocycles. The van der Waals surface area contributed by atoms with E-state index in [4.69, 9.17) is 21.7 Å². The normalized spacial score (nSPS) is 18.7. The van der Waals surface area contributed by atoms with Gasteiger partial charge in [0.2, 0.25) is 10.1 Å². The maximum Gasteiger partial charge on any atom is 0.214 e. The summed E-state index contributed by atoms with van der Waals surface area (Å²) < 4.78 is 1.89. The van der Waals surface area contributed by atoms with Gasteiger partial charge in [0.1, 0.15) is 0 Å². The number of nitrogens with zero attached hydrogens (tertiary/aromatic N) is 5. The Labute approximate surface area is 150 Å². The van der Waals surface area contributed by atoms with E-state index in [9.17, 15) is 0 Å². The number of aromatic nitrogens is 3. The molecule has 1 atom stereocenters. The fourth-order valence-electron chi connectivity index (χ4n) is 3.13. The van der Waals surface area contributed by atoms with Gasteiger partial charge in [-0.15, -0.1) is 5.10 Å². The second-order valence-corrected chi connectivity index (χ2v) is 7.82. The summed E-state index contributed by atoms with van der Waals surface area (Å²) in [4.78, 5) is 10.3. The molecular weight excluding hydrogens is 342 g/mol. The van der Waals surface area contributed by atoms with Gasteiger partial charge in [0, 0.05) is 29.7 Å². The van der Waals surface area contributed by atoms with Crippen molar-refractivity contribution < 1.29 is 0 Å². The fourth-order valence-corrected chi connectivity index (χ4v) is 4.17. The van der Waals surface area contributed by atoms with Gasteiger partial charge in [-0.25, -0.2) is 9.50 Å². The van der Waals surface area contributed by atoms with E-state index < -0.39 is 0 Å². The number of halogens is 1. The Morgan fingerprint density at radius 1 is 1.25 bits per heavy atom. The molecule has 126 valence electrons. The van der Waals surface area contributed by atoms with Crippen LogP contribution in [0.3, 0.4) is 0 Å². The molecule has 1 aliphatic heterocycles. The van der Waals surface area contributed by atoms with Crippen molar-refractivity contribution in [3.05, 3.63) is 35.5 Å². The lowest BCUT2D eigenvalue weighted by atomic mass is 10.1. The maximum atomic E-state index is 5.95. The van der Waals surface area contributed by atoms with Crippen molar-refractivity contribution in [2.75, 3.05) is 32.1 Å². The standard InChI is InChI=1S/C17H20ClN5S/c1-21(2)14-4-3-9-22(10-14)17-20-23-11-15(19-16(23)24-17)12-5-7-13(18)8-6-12/h5-8,11,14H,3-4,9-10H2,1-2H3. The van der Waals surface area contributed by atoms with Gasteiger partial charge in [0.25, 0.3) is 0 Å². The molecule has 2 aromatic heterocycles. The van der Waals surface area contributed by atoms with Gasteiger partial charge in [0.15, 0.2) is 0 Å². The summed E-state index contributed by atoms with van der Waals surface area (Å²) in [6.45, 7) is 2.11. The average molecular weight is 362 g/mol. The van der Waals surface area contributed by atoms with E-state index in [1.54, 1.807) is 11.3 Å². The molecule has 1 unspecified atom stereocenters. The number of anilines is 1. The molecule has 0 bridgehead atoms. The molecule has 24 heavy (non-hydrogen) atoms. The van der Waals surface area contributed by atoms with E-state index in [0.29, 0.717) is 6.04 Å². The lowest BCUT2D eigenvalue weighted by Gasteiger charge is -2.35. The van der Waals surface area contributed by atoms with Crippen molar-refractivity contribution >= 4 is 33.0 Å². The van der Waals surface area contributed by atoms with E-state index in [0.717, 1.165) is 39.5 Å². The van der Waals surface area contributed by atoms with Gasteiger partial charge in [-0.2, -0.15) is 0 Å². The third-order valence-corrected chi connectivity index (χ3v) is 5.81. The summed E-state index contributed by atoms with van der Waals surface area (Å²) >= 11 is 7.61. The van der Waals surface area contributed by atoms with Crippen LogP contribution in [0, 0.1) is 0 Å². The van der Waals surface area contributed by atoms with Crippen LogP contribution in [0.15, 0.2) is 30.5 Å². The van der Waals surface area contributed by atoms with Crippen LogP contribution in [0.1, 0.15) is 12.8 Å². The second-order valence-electron chi connectivity index (χ2n) is 6.45. The Morgan fingerprint density at radius 2 is 2.04 bits per heavy atom. The van der Waals surface area contributed by atoms with Crippen LogP contribution in [-0.4, -0.2) is 52.7 Å². The number of benzene rings is 1. The highest BCUT2D eigenvalue weighted by atomic mass is 35.5. The van der Waals surface area contributed by atoms with Gasteiger partial charge >= 0.3 is 0 Å². The van der Waals surface area contributed by atoms with Gasteiger partial charge in [-0.3, -0.25) is 0 Å². The van der Waals surface area contributed by atoms with Crippen molar-refractivity contribution in [1.82, 2.24) is 19.5 Å². The number of hydrogen-bond donors (Lipinski definition) is 0. The molecule has 3 heterocycles. The molecule has 0 spiro atoms. The lowest BCUT2D eigenvalue weighted by Crippen LogP contribution is -2.45. The number of piperidine rings is 1. The molecule has 3 aromatic rings. The Balaban J connectivity index is 1.58. The van der Waals surface area contributed by atoms with Crippen molar-refractivity contribution in [3.8, 4) is 11.3 Å². The van der Waals surface area contributed by atoms with Crippen LogP contribution in [0.4, 0.5) is 5.13 Å². The summed E-state index contributed by atoms with van der Waals surface area (Å²) in [5.41, 5.74) is 1.99. The molecule has 4 rings (SSSR count). The van der Waals surface area contributed by atoms with Crippen molar-refractivity contribution in [1.29, 1.82) is 0 Å². The summed E-state index contributed by atoms with van der Waals surface area (Å²) in [5.74, 6) is 0. The molecule has 1 aliphatic rings. The highest BCUT2D eigenvalue weighted by molar-refractivity contribution is 7.20. The summed E-state index contributed by atoms with van der Waals surface area (Å²) in [6.07, 6.45) is 4.46. The van der Waals surface area contributed by atoms with Gasteiger partial charge < -0.3 is 9.80 Å². The predicted molar refractivity (Wildman–Crippen MR) is 100 cm³/mol. The Hall–Kier alpha value is -1.63. The average Bonchev–Trinajstić information content (AvgIpc) is 3.14. The van der Waals surface area contributed by atoms with Gasteiger partial charge in [-0.1, -0.05) is 35.1 Å². The number of rotatable bonds is 3. The first-order valence-corrected chi connectivity index (χ1v) is 9.33. The number of imidazole rings is 1. The zero-order valence-corrected chi connectivity index (χ0v) is 15.4. The first-order chi connectivity index (χ1) is 11.6. The molecule has 0 amide bonds. The molecule has 0 N–H and O–H groups in total. The molecule has 7 heteroatoms. The fraction of sp³-hybridized carbons (Fsp3) is 0.412. The van der Waals surface area contributed by atoms with Crippen LogP contribution in [0.5, 0.6) is 0 Å². The SMILES string of the molecule is CN(C)C1CCCN(c2nn3cc(-c4ccc(Cl)cc4)nc3s2)C1. The quantitative estimate of drug-likeness (QED) is 0.713. The molecular formula is C17H20ClN5S. The Kier molecular flexibility index (Phi) is 4.20. The lowest BCUT2D eigenvalue weighted by molar-refractivity contribution is 0.258. The molecule has 1 aromatic carbocycles. The zero-order valence-electron chi connectivity index (χ0n) is 13.8. The maximum absolute atomic E-state index is 5.95. The topological polar surface area (TPSA) is 36.7 Å². The molecule has 0 radical (unpaired) electrons. The smallest absolute Gasteiger partial charge is 0.214 e. The van der Waals surface area contributed by atoms with Crippen LogP contribution >= 0.6 is 22.9 Å². The van der Waals surface area contributed by atoms with Gasteiger partial charge in [-0.05, 0) is 39.1 Å². The van der Waals surface area contributed by atoms with E-state index in [2.05, 4.69) is 23.9 Å². The summed E-state index contributed by atoms with van der Waals surface area (Å²) in [6, 6.07) is 8.35. The van der Waals surface area contributed by atoms with E-state index in [1.807, 2.05) is 35.0 Å². The largest absolute Gasteiger partial charge is 0.345 e. The first kappa shape index (κ1) is 15.9. The zero-order chi connectivity index (χ0) is 16.7. The minimum Gasteiger partial charge on any atom is -0.345 e. The van der Waals surface area contributed by atoms with Gasteiger partial charge in [0.05, 0.1) is 11.9 Å². The number of hydrogen-bond acceptors (Lipinski definition) is 5. The van der Waals surface area contributed by atoms with Crippen LogP contribution in [-0.2, 0) is 0 Å². The molecule has 0 aliphatic carbocycles. The molecule has 1 fully saturated rings. The molecule has 0 saturated carbocycles. The van der Waals surface area contributed by atoms with E-state index in [1.165, 1.54) is 12.8 Å². The summed E-state index contributed by atoms with van der Waals surface area (Å²) in [7, 11) is 4.31. The van der Waals surface area contributed by atoms with Crippen molar-refractivity contribution in [3.63, 3.8) is 0 Å². The highest BCUT2D eigenvalue weighted by Gasteiger charge is 2.24. The second kappa shape index (κ2) is 6.35. The van der Waals surface area contributed by atoms with Crippen LogP contribution < -0.4 is 4.90 Å². The number of likely N-dealkylation sites (N-methyl/N-ethyl adjacent to an activating group) is 1. The first-order valence-electron chi connectivity index (χ1n) is 8.14. The predicted octanol–water partition coefficient (Wildman–Crippen LogP) is 3.64.